The van der Waals surface area contributed by atoms with E-state index in [1.807, 2.05) is 37.8 Å². The minimum atomic E-state index is -0.777. The van der Waals surface area contributed by atoms with E-state index in [0.29, 0.717) is 23.6 Å². The molecule has 2 aliphatic rings. The maximum Gasteiger partial charge on any atom is 0.410 e. The number of carbonyl (C=O) groups excluding carboxylic acids is 1. The molecule has 8 rings (SSSR count). The number of pyridine rings is 1. The fourth-order valence-corrected chi connectivity index (χ4v) is 8.79. The molecule has 2 fully saturated rings. The predicted molar refractivity (Wildman–Crippen MR) is 206 cm³/mol. The van der Waals surface area contributed by atoms with E-state index >= 15 is 0 Å². The number of ether oxygens (including phenoxy) is 2. The van der Waals surface area contributed by atoms with Gasteiger partial charge in [-0.15, -0.1) is 0 Å². The van der Waals surface area contributed by atoms with Crippen molar-refractivity contribution >= 4 is 17.0 Å². The van der Waals surface area contributed by atoms with Gasteiger partial charge in [0.2, 0.25) is 5.88 Å². The van der Waals surface area contributed by atoms with E-state index in [-0.39, 0.29) is 6.09 Å². The highest BCUT2D eigenvalue weighted by Crippen LogP contribution is 2.49. The normalized spacial score (nSPS) is 18.8. The molecule has 0 N–H and O–H groups in total. The van der Waals surface area contributed by atoms with Crippen molar-refractivity contribution in [2.75, 3.05) is 20.2 Å². The van der Waals surface area contributed by atoms with Crippen LogP contribution in [0.4, 0.5) is 4.79 Å². The van der Waals surface area contributed by atoms with Gasteiger partial charge in [0.1, 0.15) is 16.8 Å². The number of hydrogen-bond acceptors (Lipinski definition) is 5. The topological polar surface area (TPSA) is 69.5 Å². The summed E-state index contributed by atoms with van der Waals surface area (Å²) in [7, 11) is 1.65. The Morgan fingerprint density at radius 2 is 1.33 bits per heavy atom. The Labute approximate surface area is 306 Å². The van der Waals surface area contributed by atoms with Crippen LogP contribution in [-0.2, 0) is 10.3 Å². The van der Waals surface area contributed by atoms with E-state index in [2.05, 4.69) is 120 Å². The van der Waals surface area contributed by atoms with Crippen molar-refractivity contribution in [1.29, 1.82) is 0 Å². The third-order valence-electron chi connectivity index (χ3n) is 11.0. The molecule has 2 aromatic heterocycles. The second-order valence-corrected chi connectivity index (χ2v) is 15.5. The van der Waals surface area contributed by atoms with Crippen LogP contribution in [0.15, 0.2) is 121 Å². The summed E-state index contributed by atoms with van der Waals surface area (Å²) in [5, 5.41) is 6.73. The second kappa shape index (κ2) is 13.3. The average Bonchev–Trinajstić information content (AvgIpc) is 3.85. The van der Waals surface area contributed by atoms with E-state index in [9.17, 15) is 4.79 Å². The summed E-state index contributed by atoms with van der Waals surface area (Å²) in [6, 6.07) is 40.9. The van der Waals surface area contributed by atoms with Gasteiger partial charge in [0.15, 0.2) is 0 Å². The molecule has 1 aliphatic carbocycles. The average molecular weight is 691 g/mol. The molecule has 1 saturated heterocycles. The zero-order valence-electron chi connectivity index (χ0n) is 30.6. The summed E-state index contributed by atoms with van der Waals surface area (Å²) in [4.78, 5) is 19.3. The van der Waals surface area contributed by atoms with Gasteiger partial charge in [-0.1, -0.05) is 91.0 Å². The summed E-state index contributed by atoms with van der Waals surface area (Å²) in [5.41, 5.74) is 7.59. The highest BCUT2D eigenvalue weighted by molar-refractivity contribution is 5.95. The maximum atomic E-state index is 12.9. The monoisotopic (exact) mass is 690 g/mol. The number of amides is 1. The first-order chi connectivity index (χ1) is 25.2. The number of benzene rings is 4. The zero-order chi connectivity index (χ0) is 36.0. The molecule has 1 aliphatic heterocycles. The van der Waals surface area contributed by atoms with E-state index in [1.165, 1.54) is 11.1 Å². The van der Waals surface area contributed by atoms with Crippen LogP contribution in [0.5, 0.6) is 5.88 Å². The van der Waals surface area contributed by atoms with Crippen LogP contribution in [0.3, 0.4) is 0 Å². The first-order valence-electron chi connectivity index (χ1n) is 18.3. The molecule has 52 heavy (non-hydrogen) atoms. The van der Waals surface area contributed by atoms with Crippen molar-refractivity contribution in [3.8, 4) is 17.1 Å². The van der Waals surface area contributed by atoms with Gasteiger partial charge < -0.3 is 14.4 Å². The number of aryl methyl sites for hydroxylation is 1. The quantitative estimate of drug-likeness (QED) is 0.156. The molecule has 1 unspecified atom stereocenters. The Kier molecular flexibility index (Phi) is 8.60. The van der Waals surface area contributed by atoms with Crippen molar-refractivity contribution in [2.24, 2.45) is 11.8 Å². The first-order valence-corrected chi connectivity index (χ1v) is 18.3. The third-order valence-corrected chi connectivity index (χ3v) is 11.0. The van der Waals surface area contributed by atoms with Crippen LogP contribution in [0.1, 0.15) is 67.3 Å². The summed E-state index contributed by atoms with van der Waals surface area (Å²) in [6.45, 7) is 9.55. The first kappa shape index (κ1) is 33.7. The minimum Gasteiger partial charge on any atom is -0.481 e. The SMILES string of the molecule is COc1cc(-c2nn(C(c3ccccc3)(c3ccccc3)c3ccccc3)c3cc(C)c(C4C[C@@H]5CN(C(=O)OC(C)(C)C)C[C@@H]5C4)cc23)ccn1. The van der Waals surface area contributed by atoms with Gasteiger partial charge in [0.25, 0.3) is 0 Å². The molecule has 7 heteroatoms. The van der Waals surface area contributed by atoms with Gasteiger partial charge in [-0.2, -0.15) is 5.10 Å². The third kappa shape index (κ3) is 5.92. The fourth-order valence-electron chi connectivity index (χ4n) is 8.79. The largest absolute Gasteiger partial charge is 0.481 e. The predicted octanol–water partition coefficient (Wildman–Crippen LogP) is 9.62. The smallest absolute Gasteiger partial charge is 0.410 e. The molecule has 264 valence electrons. The molecule has 3 atom stereocenters. The summed E-state index contributed by atoms with van der Waals surface area (Å²) in [5.74, 6) is 1.86. The van der Waals surface area contributed by atoms with E-state index < -0.39 is 11.1 Å². The van der Waals surface area contributed by atoms with Crippen molar-refractivity contribution in [2.45, 2.75) is 57.6 Å². The Morgan fingerprint density at radius 1 is 0.769 bits per heavy atom. The highest BCUT2D eigenvalue weighted by atomic mass is 16.6. The Balaban J connectivity index is 1.31. The molecular formula is C45H46N4O3. The lowest BCUT2D eigenvalue weighted by Gasteiger charge is -2.37. The highest BCUT2D eigenvalue weighted by Gasteiger charge is 2.45. The van der Waals surface area contributed by atoms with Crippen LogP contribution in [-0.4, -0.2) is 51.6 Å². The number of likely N-dealkylation sites (tertiary alicyclic amines) is 1. The summed E-state index contributed by atoms with van der Waals surface area (Å²) >= 11 is 0. The molecule has 1 amide bonds. The molecule has 0 spiro atoms. The Bertz CT molecular complexity index is 2100. The number of fused-ring (bicyclic) bond motifs is 2. The summed E-state index contributed by atoms with van der Waals surface area (Å²) in [6.07, 6.45) is 3.69. The van der Waals surface area contributed by atoms with Gasteiger partial charge in [-0.3, -0.25) is 0 Å². The van der Waals surface area contributed by atoms with Crippen molar-refractivity contribution in [3.63, 3.8) is 0 Å². The van der Waals surface area contributed by atoms with Crippen molar-refractivity contribution in [3.05, 3.63) is 149 Å². The number of rotatable bonds is 7. The van der Waals surface area contributed by atoms with Crippen LogP contribution in [0.25, 0.3) is 22.2 Å². The Morgan fingerprint density at radius 3 is 1.85 bits per heavy atom. The molecule has 0 radical (unpaired) electrons. The lowest BCUT2D eigenvalue weighted by Crippen LogP contribution is -2.38. The molecule has 0 bridgehead atoms. The van der Waals surface area contributed by atoms with Crippen molar-refractivity contribution < 1.29 is 14.3 Å². The van der Waals surface area contributed by atoms with Gasteiger partial charge in [0.05, 0.1) is 12.6 Å². The van der Waals surface area contributed by atoms with E-state index in [4.69, 9.17) is 14.6 Å². The van der Waals surface area contributed by atoms with Gasteiger partial charge in [0, 0.05) is 36.3 Å². The standard InChI is InChI=1S/C45H46N4O3/c1-30-23-40-39(27-38(30)32-24-33-28-48(29-34(33)25-32)43(50)52-44(2,3)4)42(31-21-22-46-41(26-31)51-5)47-49(40)45(35-15-9-6-10-16-35,36-17-11-7-12-18-36)37-19-13-8-14-20-37/h6-23,26-27,32-34H,24-25,28-29H2,1-5H3/t32?,33-,34+. The molecule has 4 aromatic carbocycles. The zero-order valence-corrected chi connectivity index (χ0v) is 30.6. The maximum absolute atomic E-state index is 12.9. The lowest BCUT2D eigenvalue weighted by molar-refractivity contribution is 0.0279. The molecular weight excluding hydrogens is 645 g/mol. The summed E-state index contributed by atoms with van der Waals surface area (Å²) < 4.78 is 13.6. The van der Waals surface area contributed by atoms with Crippen LogP contribution >= 0.6 is 0 Å². The molecule has 7 nitrogen and oxygen atoms in total. The number of nitrogens with zero attached hydrogens (tertiary/aromatic N) is 4. The second-order valence-electron chi connectivity index (χ2n) is 15.5. The molecule has 1 saturated carbocycles. The number of aromatic nitrogens is 3. The fraction of sp³-hybridized carbons (Fsp3) is 0.311. The van der Waals surface area contributed by atoms with Crippen LogP contribution in [0.2, 0.25) is 0 Å². The van der Waals surface area contributed by atoms with Crippen molar-refractivity contribution in [1.82, 2.24) is 19.7 Å². The van der Waals surface area contributed by atoms with Crippen LogP contribution < -0.4 is 4.74 Å². The molecule has 3 heterocycles. The molecule has 6 aromatic rings. The number of hydrogen-bond donors (Lipinski definition) is 0. The Hall–Kier alpha value is -5.43. The van der Waals surface area contributed by atoms with Crippen LogP contribution in [0, 0.1) is 18.8 Å². The van der Waals surface area contributed by atoms with E-state index in [0.717, 1.165) is 64.8 Å². The number of carbonyl (C=O) groups is 1. The van der Waals surface area contributed by atoms with Gasteiger partial charge in [-0.25, -0.2) is 14.5 Å². The van der Waals surface area contributed by atoms with E-state index in [1.54, 1.807) is 13.3 Å². The van der Waals surface area contributed by atoms with Gasteiger partial charge >= 0.3 is 6.09 Å². The van der Waals surface area contributed by atoms with Gasteiger partial charge in [-0.05, 0) is 104 Å². The lowest BCUT2D eigenvalue weighted by atomic mass is 9.77. The minimum absolute atomic E-state index is 0.195. The number of methoxy groups -OCH3 is 1.